The van der Waals surface area contributed by atoms with Crippen LogP contribution in [0, 0.1) is 0 Å². The number of hydrogen-bond acceptors (Lipinski definition) is 2. The van der Waals surface area contributed by atoms with E-state index in [0.717, 1.165) is 33.5 Å². The lowest BCUT2D eigenvalue weighted by molar-refractivity contribution is 1.54. The second kappa shape index (κ2) is 5.92. The maximum atomic E-state index is 5.82. The maximum Gasteiger partial charge on any atom is 0.0465 e. The van der Waals surface area contributed by atoms with Crippen molar-refractivity contribution in [2.45, 2.75) is 0 Å². The first-order valence-electron chi connectivity index (χ1n) is 8.95. The molecule has 0 fully saturated rings. The second-order valence-electron chi connectivity index (χ2n) is 6.89. The fourth-order valence-corrected chi connectivity index (χ4v) is 3.61. The first-order valence-corrected chi connectivity index (χ1v) is 8.95. The molecule has 3 heteroatoms. The van der Waals surface area contributed by atoms with E-state index in [1.807, 2.05) is 24.3 Å². The van der Waals surface area contributed by atoms with E-state index in [-0.39, 0.29) is 0 Å². The van der Waals surface area contributed by atoms with E-state index in [1.54, 1.807) is 0 Å². The zero-order valence-electron chi connectivity index (χ0n) is 14.7. The molecule has 0 radical (unpaired) electrons. The van der Waals surface area contributed by atoms with Crippen LogP contribution < -0.4 is 11.5 Å². The van der Waals surface area contributed by atoms with Crippen molar-refractivity contribution in [2.24, 2.45) is 0 Å². The Labute approximate surface area is 157 Å². The van der Waals surface area contributed by atoms with Crippen molar-refractivity contribution in [3.8, 4) is 22.3 Å². The van der Waals surface area contributed by atoms with Gasteiger partial charge in [-0.05, 0) is 70.8 Å². The van der Waals surface area contributed by atoms with E-state index in [4.69, 9.17) is 11.5 Å². The van der Waals surface area contributed by atoms with Gasteiger partial charge in [0.15, 0.2) is 0 Å². The number of nitrogens with one attached hydrogen (secondary N) is 1. The van der Waals surface area contributed by atoms with Gasteiger partial charge in [0.2, 0.25) is 0 Å². The lowest BCUT2D eigenvalue weighted by Crippen LogP contribution is -1.84. The molecule has 0 bridgehead atoms. The quantitative estimate of drug-likeness (QED) is 0.352. The van der Waals surface area contributed by atoms with Gasteiger partial charge in [-0.3, -0.25) is 0 Å². The molecule has 0 saturated carbocycles. The Bertz CT molecular complexity index is 1160. The van der Waals surface area contributed by atoms with E-state index >= 15 is 0 Å². The molecule has 130 valence electrons. The van der Waals surface area contributed by atoms with Gasteiger partial charge in [0.05, 0.1) is 0 Å². The molecule has 1 aromatic heterocycles. The van der Waals surface area contributed by atoms with Crippen molar-refractivity contribution in [1.29, 1.82) is 0 Å². The molecule has 0 aliphatic rings. The molecule has 5 N–H and O–H groups in total. The molecule has 5 aromatic rings. The second-order valence-corrected chi connectivity index (χ2v) is 6.89. The summed E-state index contributed by atoms with van der Waals surface area (Å²) in [5, 5.41) is 2.44. The standard InChI is InChI=1S/C24H19N3/c25-19-7-1-15(2-8-19)17-5-11-23-21(13-17)22-14-18(6-12-24(22)27-23)16-3-9-20(26)10-4-16/h1-14,27H,25-26H2. The van der Waals surface area contributed by atoms with E-state index in [2.05, 4.69) is 65.6 Å². The Balaban J connectivity index is 1.68. The van der Waals surface area contributed by atoms with Gasteiger partial charge in [-0.15, -0.1) is 0 Å². The fourth-order valence-electron chi connectivity index (χ4n) is 3.61. The number of aromatic amines is 1. The topological polar surface area (TPSA) is 67.8 Å². The van der Waals surface area contributed by atoms with Crippen LogP contribution in [0.25, 0.3) is 44.1 Å². The zero-order valence-corrected chi connectivity index (χ0v) is 14.7. The number of hydrogen-bond donors (Lipinski definition) is 3. The molecule has 0 saturated heterocycles. The van der Waals surface area contributed by atoms with Crippen LogP contribution in [-0.4, -0.2) is 4.98 Å². The third kappa shape index (κ3) is 2.70. The van der Waals surface area contributed by atoms with Crippen molar-refractivity contribution in [3.05, 3.63) is 84.9 Å². The van der Waals surface area contributed by atoms with Crippen LogP contribution in [0.2, 0.25) is 0 Å². The normalized spacial score (nSPS) is 11.3. The molecule has 0 amide bonds. The first-order chi connectivity index (χ1) is 13.2. The Morgan fingerprint density at radius 3 is 1.22 bits per heavy atom. The molecule has 3 nitrogen and oxygen atoms in total. The number of nitrogens with two attached hydrogens (primary N) is 2. The number of nitrogen functional groups attached to an aromatic ring is 2. The van der Waals surface area contributed by atoms with E-state index in [9.17, 15) is 0 Å². The van der Waals surface area contributed by atoms with Crippen LogP contribution in [0.4, 0.5) is 11.4 Å². The van der Waals surface area contributed by atoms with Gasteiger partial charge >= 0.3 is 0 Å². The Kier molecular flexibility index (Phi) is 3.41. The highest BCUT2D eigenvalue weighted by Crippen LogP contribution is 2.33. The van der Waals surface area contributed by atoms with E-state index in [1.165, 1.54) is 21.9 Å². The molecule has 0 unspecified atom stereocenters. The van der Waals surface area contributed by atoms with Gasteiger partial charge in [-0.1, -0.05) is 36.4 Å². The van der Waals surface area contributed by atoms with Crippen molar-refractivity contribution in [3.63, 3.8) is 0 Å². The number of H-pyrrole nitrogens is 1. The average molecular weight is 349 g/mol. The number of anilines is 2. The van der Waals surface area contributed by atoms with Gasteiger partial charge < -0.3 is 16.5 Å². The summed E-state index contributed by atoms with van der Waals surface area (Å²) < 4.78 is 0. The molecule has 1 heterocycles. The van der Waals surface area contributed by atoms with Gasteiger partial charge in [0.25, 0.3) is 0 Å². The highest BCUT2D eigenvalue weighted by Gasteiger charge is 2.08. The zero-order chi connectivity index (χ0) is 18.4. The molecule has 27 heavy (non-hydrogen) atoms. The fraction of sp³-hybridized carbons (Fsp3) is 0. The minimum atomic E-state index is 0.778. The Morgan fingerprint density at radius 2 is 0.815 bits per heavy atom. The van der Waals surface area contributed by atoms with E-state index in [0.29, 0.717) is 0 Å². The van der Waals surface area contributed by atoms with Gasteiger partial charge in [-0.25, -0.2) is 0 Å². The number of aromatic nitrogens is 1. The van der Waals surface area contributed by atoms with Crippen molar-refractivity contribution >= 4 is 33.2 Å². The van der Waals surface area contributed by atoms with Gasteiger partial charge in [-0.2, -0.15) is 0 Å². The first kappa shape index (κ1) is 15.5. The molecule has 0 aliphatic carbocycles. The average Bonchev–Trinajstić information content (AvgIpc) is 3.06. The van der Waals surface area contributed by atoms with Crippen molar-refractivity contribution in [1.82, 2.24) is 4.98 Å². The minimum Gasteiger partial charge on any atom is -0.399 e. The van der Waals surface area contributed by atoms with Gasteiger partial charge in [0, 0.05) is 33.2 Å². The predicted octanol–water partition coefficient (Wildman–Crippen LogP) is 5.82. The number of fused-ring (bicyclic) bond motifs is 3. The summed E-state index contributed by atoms with van der Waals surface area (Å²) in [5.41, 5.74) is 20.2. The van der Waals surface area contributed by atoms with Crippen LogP contribution >= 0.6 is 0 Å². The summed E-state index contributed by atoms with van der Waals surface area (Å²) in [5.74, 6) is 0. The lowest BCUT2D eigenvalue weighted by Gasteiger charge is -2.04. The van der Waals surface area contributed by atoms with Crippen molar-refractivity contribution < 1.29 is 0 Å². The SMILES string of the molecule is Nc1ccc(-c2ccc3[nH]c4ccc(-c5ccc(N)cc5)cc4c3c2)cc1. The third-order valence-corrected chi connectivity index (χ3v) is 5.09. The summed E-state index contributed by atoms with van der Waals surface area (Å²) in [6.45, 7) is 0. The van der Waals surface area contributed by atoms with Crippen LogP contribution in [-0.2, 0) is 0 Å². The van der Waals surface area contributed by atoms with E-state index < -0.39 is 0 Å². The van der Waals surface area contributed by atoms with Crippen LogP contribution in [0.3, 0.4) is 0 Å². The maximum absolute atomic E-state index is 5.82. The molecule has 0 atom stereocenters. The lowest BCUT2D eigenvalue weighted by atomic mass is 10.00. The van der Waals surface area contributed by atoms with Crippen LogP contribution in [0.1, 0.15) is 0 Å². The van der Waals surface area contributed by atoms with Crippen LogP contribution in [0.5, 0.6) is 0 Å². The summed E-state index contributed by atoms with van der Waals surface area (Å²) in [6, 6.07) is 29.1. The molecule has 0 aliphatic heterocycles. The van der Waals surface area contributed by atoms with Crippen LogP contribution in [0.15, 0.2) is 84.9 Å². The predicted molar refractivity (Wildman–Crippen MR) is 116 cm³/mol. The molecular formula is C24H19N3. The molecule has 4 aromatic carbocycles. The monoisotopic (exact) mass is 349 g/mol. The van der Waals surface area contributed by atoms with Crippen molar-refractivity contribution in [2.75, 3.05) is 11.5 Å². The van der Waals surface area contributed by atoms with Gasteiger partial charge in [0.1, 0.15) is 0 Å². The largest absolute Gasteiger partial charge is 0.399 e. The summed E-state index contributed by atoms with van der Waals surface area (Å²) in [7, 11) is 0. The number of rotatable bonds is 2. The minimum absolute atomic E-state index is 0.778. The molecule has 5 rings (SSSR count). The Morgan fingerprint density at radius 1 is 0.444 bits per heavy atom. The molecular weight excluding hydrogens is 330 g/mol. The highest BCUT2D eigenvalue weighted by atomic mass is 14.7. The summed E-state index contributed by atoms with van der Waals surface area (Å²) >= 11 is 0. The summed E-state index contributed by atoms with van der Waals surface area (Å²) in [4.78, 5) is 3.51. The smallest absolute Gasteiger partial charge is 0.0465 e. The summed E-state index contributed by atoms with van der Waals surface area (Å²) in [6.07, 6.45) is 0. The number of benzene rings is 4. The third-order valence-electron chi connectivity index (χ3n) is 5.09. The highest BCUT2D eigenvalue weighted by molar-refractivity contribution is 6.09. The molecule has 0 spiro atoms. The Hall–Kier alpha value is -3.72.